The van der Waals surface area contributed by atoms with Gasteiger partial charge in [0, 0.05) is 32.2 Å². The maximum absolute atomic E-state index is 12.8. The van der Waals surface area contributed by atoms with Gasteiger partial charge in [-0.3, -0.25) is 9.30 Å². The molecule has 0 fully saturated rings. The highest BCUT2D eigenvalue weighted by Gasteiger charge is 2.28. The summed E-state index contributed by atoms with van der Waals surface area (Å²) in [4.78, 5) is 4.18. The third-order valence-corrected chi connectivity index (χ3v) is 6.55. The number of anilines is 1. The van der Waals surface area contributed by atoms with Crippen LogP contribution in [0.5, 0.6) is 5.75 Å². The second kappa shape index (κ2) is 9.65. The normalized spacial score (nSPS) is 13.9. The maximum atomic E-state index is 12.8. The molecule has 2 N–H and O–H groups in total. The zero-order valence-corrected chi connectivity index (χ0v) is 17.7. The molecular weight excluding hydrogens is 388 g/mol. The van der Waals surface area contributed by atoms with Gasteiger partial charge in [-0.1, -0.05) is 36.4 Å². The molecule has 0 saturated heterocycles. The van der Waals surface area contributed by atoms with Crippen LogP contribution in [0.15, 0.2) is 53.5 Å². The highest BCUT2D eigenvalue weighted by atomic mass is 32.2. The third-order valence-electron chi connectivity index (χ3n) is 4.78. The molecule has 2 aromatic carbocycles. The molecule has 7 nitrogen and oxygen atoms in total. The molecule has 1 aliphatic rings. The molecule has 1 heterocycles. The average molecular weight is 417 g/mol. The Balaban J connectivity index is 1.53. The molecule has 29 heavy (non-hydrogen) atoms. The Morgan fingerprint density at radius 3 is 2.69 bits per heavy atom. The Labute approximate surface area is 172 Å². The molecule has 156 valence electrons. The molecule has 0 amide bonds. The molecule has 0 unspecified atom stereocenters. The van der Waals surface area contributed by atoms with Crippen LogP contribution in [-0.2, 0) is 23.0 Å². The smallest absolute Gasteiger partial charge is 0.236 e. The van der Waals surface area contributed by atoms with Crippen molar-refractivity contribution in [3.05, 3.63) is 59.7 Å². The van der Waals surface area contributed by atoms with E-state index in [9.17, 15) is 8.42 Å². The van der Waals surface area contributed by atoms with Crippen LogP contribution in [0, 0.1) is 0 Å². The molecule has 0 aromatic heterocycles. The lowest BCUT2D eigenvalue weighted by atomic mass is 10.2. The van der Waals surface area contributed by atoms with Crippen LogP contribution in [0.4, 0.5) is 5.69 Å². The van der Waals surface area contributed by atoms with Crippen molar-refractivity contribution in [2.24, 2.45) is 4.99 Å². The third kappa shape index (κ3) is 5.20. The molecule has 0 aliphatic carbocycles. The number of nitrogens with zero attached hydrogens (tertiary/aromatic N) is 2. The number of rotatable bonds is 8. The summed E-state index contributed by atoms with van der Waals surface area (Å²) in [7, 11) is -1.73. The van der Waals surface area contributed by atoms with Gasteiger partial charge in [0.2, 0.25) is 10.0 Å². The molecule has 0 radical (unpaired) electrons. The first-order valence-corrected chi connectivity index (χ1v) is 11.4. The van der Waals surface area contributed by atoms with Crippen molar-refractivity contribution < 1.29 is 13.2 Å². The first-order valence-electron chi connectivity index (χ1n) is 9.78. The fraction of sp³-hybridized carbons (Fsp3) is 0.381. The Morgan fingerprint density at radius 1 is 1.14 bits per heavy atom. The van der Waals surface area contributed by atoms with E-state index in [1.807, 2.05) is 55.5 Å². The minimum atomic E-state index is -3.39. The Bertz CT molecular complexity index is 960. The topological polar surface area (TPSA) is 83.0 Å². The second-order valence-corrected chi connectivity index (χ2v) is 8.67. The fourth-order valence-corrected chi connectivity index (χ4v) is 4.78. The monoisotopic (exact) mass is 416 g/mol. The fourth-order valence-electron chi connectivity index (χ4n) is 3.35. The van der Waals surface area contributed by atoms with Crippen LogP contribution in [0.25, 0.3) is 0 Å². The SMILES string of the molecule is CCOc1ccccc1CNC(=NC)NCCS(=O)(=O)N1CCc2ccccc21. The van der Waals surface area contributed by atoms with E-state index in [1.165, 1.54) is 4.31 Å². The van der Waals surface area contributed by atoms with Gasteiger partial charge in [-0.15, -0.1) is 0 Å². The molecule has 0 saturated carbocycles. The van der Waals surface area contributed by atoms with Crippen LogP contribution < -0.4 is 19.7 Å². The zero-order chi connectivity index (χ0) is 20.7. The van der Waals surface area contributed by atoms with Gasteiger partial charge >= 0.3 is 0 Å². The molecule has 0 atom stereocenters. The van der Waals surface area contributed by atoms with Crippen molar-refractivity contribution >= 4 is 21.7 Å². The van der Waals surface area contributed by atoms with Gasteiger partial charge in [-0.05, 0) is 31.0 Å². The zero-order valence-electron chi connectivity index (χ0n) is 16.9. The minimum Gasteiger partial charge on any atom is -0.494 e. The second-order valence-electron chi connectivity index (χ2n) is 6.66. The van der Waals surface area contributed by atoms with Crippen molar-refractivity contribution in [3.63, 3.8) is 0 Å². The highest BCUT2D eigenvalue weighted by molar-refractivity contribution is 7.92. The number of hydrogen-bond acceptors (Lipinski definition) is 4. The van der Waals surface area contributed by atoms with E-state index in [-0.39, 0.29) is 12.3 Å². The summed E-state index contributed by atoms with van der Waals surface area (Å²) in [5.41, 5.74) is 2.88. The number of nitrogens with one attached hydrogen (secondary N) is 2. The standard InChI is InChI=1S/C21H28N4O3S/c1-3-28-20-11-7-5-9-18(20)16-24-21(22-2)23-13-15-29(26,27)25-14-12-17-8-4-6-10-19(17)25/h4-11H,3,12-16H2,1-2H3,(H2,22,23,24). The summed E-state index contributed by atoms with van der Waals surface area (Å²) in [6.07, 6.45) is 0.755. The van der Waals surface area contributed by atoms with Crippen LogP contribution in [0.2, 0.25) is 0 Å². The number of benzene rings is 2. The predicted octanol–water partition coefficient (Wildman–Crippen LogP) is 2.14. The Hall–Kier alpha value is -2.74. The van der Waals surface area contributed by atoms with E-state index < -0.39 is 10.0 Å². The Kier molecular flexibility index (Phi) is 6.98. The van der Waals surface area contributed by atoms with Crippen LogP contribution >= 0.6 is 0 Å². The Morgan fingerprint density at radius 2 is 1.90 bits per heavy atom. The number of sulfonamides is 1. The first-order chi connectivity index (χ1) is 14.0. The molecule has 3 rings (SSSR count). The molecule has 0 spiro atoms. The number of para-hydroxylation sites is 2. The summed E-state index contributed by atoms with van der Waals surface area (Å²) in [5, 5.41) is 6.29. The number of fused-ring (bicyclic) bond motifs is 1. The number of guanidine groups is 1. The van der Waals surface area contributed by atoms with Gasteiger partial charge in [-0.25, -0.2) is 8.42 Å². The van der Waals surface area contributed by atoms with Crippen LogP contribution in [0.3, 0.4) is 0 Å². The summed E-state index contributed by atoms with van der Waals surface area (Å²) in [6, 6.07) is 15.5. The highest BCUT2D eigenvalue weighted by Crippen LogP contribution is 2.29. The van der Waals surface area contributed by atoms with E-state index in [1.54, 1.807) is 7.05 Å². The van der Waals surface area contributed by atoms with Crippen LogP contribution in [0.1, 0.15) is 18.1 Å². The molecule has 8 heteroatoms. The van der Waals surface area contributed by atoms with Crippen molar-refractivity contribution in [3.8, 4) is 5.75 Å². The van der Waals surface area contributed by atoms with Gasteiger partial charge in [-0.2, -0.15) is 0 Å². The van der Waals surface area contributed by atoms with E-state index in [2.05, 4.69) is 15.6 Å². The molecule has 0 bridgehead atoms. The van der Waals surface area contributed by atoms with E-state index in [0.717, 1.165) is 29.0 Å². The number of hydrogen-bond donors (Lipinski definition) is 2. The lowest BCUT2D eigenvalue weighted by molar-refractivity contribution is 0.336. The maximum Gasteiger partial charge on any atom is 0.236 e. The van der Waals surface area contributed by atoms with E-state index >= 15 is 0 Å². The van der Waals surface area contributed by atoms with Gasteiger partial charge < -0.3 is 15.4 Å². The number of aliphatic imine (C=N–C) groups is 1. The van der Waals surface area contributed by atoms with Gasteiger partial charge in [0.1, 0.15) is 5.75 Å². The first kappa shape index (κ1) is 21.0. The van der Waals surface area contributed by atoms with Gasteiger partial charge in [0.25, 0.3) is 0 Å². The molecular formula is C21H28N4O3S. The molecule has 1 aliphatic heterocycles. The van der Waals surface area contributed by atoms with E-state index in [0.29, 0.717) is 25.7 Å². The minimum absolute atomic E-state index is 0.00241. The summed E-state index contributed by atoms with van der Waals surface area (Å²) in [5.74, 6) is 1.37. The van der Waals surface area contributed by atoms with Crippen molar-refractivity contribution in [1.82, 2.24) is 10.6 Å². The summed E-state index contributed by atoms with van der Waals surface area (Å²) in [6.45, 7) is 3.85. The van der Waals surface area contributed by atoms with Crippen LogP contribution in [-0.4, -0.2) is 46.9 Å². The largest absolute Gasteiger partial charge is 0.494 e. The van der Waals surface area contributed by atoms with Crippen molar-refractivity contribution in [2.45, 2.75) is 19.9 Å². The van der Waals surface area contributed by atoms with Gasteiger partial charge in [0.05, 0.1) is 18.0 Å². The predicted molar refractivity (Wildman–Crippen MR) is 117 cm³/mol. The average Bonchev–Trinajstić information content (AvgIpc) is 3.17. The number of ether oxygens (including phenoxy) is 1. The van der Waals surface area contributed by atoms with Crippen molar-refractivity contribution in [1.29, 1.82) is 0 Å². The summed E-state index contributed by atoms with van der Waals surface area (Å²) >= 11 is 0. The summed E-state index contributed by atoms with van der Waals surface area (Å²) < 4.78 is 32.7. The van der Waals surface area contributed by atoms with Gasteiger partial charge in [0.15, 0.2) is 5.96 Å². The van der Waals surface area contributed by atoms with Crippen molar-refractivity contribution in [2.75, 3.05) is 36.8 Å². The van der Waals surface area contributed by atoms with E-state index in [4.69, 9.17) is 4.74 Å². The molecule has 2 aromatic rings. The lowest BCUT2D eigenvalue weighted by Crippen LogP contribution is -2.41. The lowest BCUT2D eigenvalue weighted by Gasteiger charge is -2.20. The quantitative estimate of drug-likeness (QED) is 0.509.